The van der Waals surface area contributed by atoms with Crippen molar-refractivity contribution in [2.45, 2.75) is 57.6 Å². The molecule has 2 atom stereocenters. The van der Waals surface area contributed by atoms with Crippen molar-refractivity contribution in [1.29, 1.82) is 0 Å². The molecule has 28 heavy (non-hydrogen) atoms. The van der Waals surface area contributed by atoms with E-state index in [0.717, 1.165) is 38.6 Å². The highest BCUT2D eigenvalue weighted by molar-refractivity contribution is 14.0. The Labute approximate surface area is 187 Å². The molecule has 1 aromatic rings. The summed E-state index contributed by atoms with van der Waals surface area (Å²) in [5.41, 5.74) is 2.94. The number of nitrogens with one attached hydrogen (secondary N) is 2. The van der Waals surface area contributed by atoms with Crippen molar-refractivity contribution >= 4 is 29.9 Å². The van der Waals surface area contributed by atoms with Crippen LogP contribution >= 0.6 is 24.0 Å². The number of nitrogens with zero attached hydrogens (tertiary/aromatic N) is 2. The standard InChI is InChI=1S/C22H36N4O.HI/c1-22(2,3)18-9-7-17(8-10-18)11-12-24-21(23-4)25-14-20-15-26-13-5-6-19(26)16-27-20;/h7-10,19-20H,5-6,11-16H2,1-4H3,(H2,23,24,25);1H. The Morgan fingerprint density at radius 1 is 1.21 bits per heavy atom. The van der Waals surface area contributed by atoms with Gasteiger partial charge in [-0.1, -0.05) is 45.0 Å². The maximum absolute atomic E-state index is 6.01. The molecule has 2 aliphatic heterocycles. The van der Waals surface area contributed by atoms with Crippen molar-refractivity contribution in [2.75, 3.05) is 39.8 Å². The summed E-state index contributed by atoms with van der Waals surface area (Å²) in [5, 5.41) is 6.84. The SMILES string of the molecule is CN=C(NCCc1ccc(C(C)(C)C)cc1)NCC1CN2CCCC2CO1.I. The van der Waals surface area contributed by atoms with Crippen molar-refractivity contribution in [2.24, 2.45) is 4.99 Å². The topological polar surface area (TPSA) is 48.9 Å². The van der Waals surface area contributed by atoms with Crippen LogP contribution in [-0.2, 0) is 16.6 Å². The van der Waals surface area contributed by atoms with Gasteiger partial charge < -0.3 is 15.4 Å². The van der Waals surface area contributed by atoms with Crippen molar-refractivity contribution in [3.8, 4) is 0 Å². The van der Waals surface area contributed by atoms with Gasteiger partial charge in [-0.25, -0.2) is 0 Å². The average molecular weight is 500 g/mol. The summed E-state index contributed by atoms with van der Waals surface area (Å²) in [6.45, 7) is 11.6. The third-order valence-electron chi connectivity index (χ3n) is 5.71. The monoisotopic (exact) mass is 500 g/mol. The number of aliphatic imine (C=N–C) groups is 1. The number of guanidine groups is 1. The zero-order valence-corrected chi connectivity index (χ0v) is 20.2. The first-order valence-corrected chi connectivity index (χ1v) is 10.4. The van der Waals surface area contributed by atoms with E-state index >= 15 is 0 Å². The van der Waals surface area contributed by atoms with Gasteiger partial charge in [-0.15, -0.1) is 24.0 Å². The van der Waals surface area contributed by atoms with Crippen LogP contribution in [-0.4, -0.2) is 62.8 Å². The third-order valence-corrected chi connectivity index (χ3v) is 5.71. The summed E-state index contributed by atoms with van der Waals surface area (Å²) in [6.07, 6.45) is 3.84. The van der Waals surface area contributed by atoms with Gasteiger partial charge in [-0.3, -0.25) is 9.89 Å². The molecule has 2 aliphatic rings. The molecule has 5 nitrogen and oxygen atoms in total. The zero-order valence-electron chi connectivity index (χ0n) is 17.8. The lowest BCUT2D eigenvalue weighted by molar-refractivity contribution is -0.0453. The Balaban J connectivity index is 0.00000280. The van der Waals surface area contributed by atoms with Crippen molar-refractivity contribution in [3.63, 3.8) is 0 Å². The first-order valence-electron chi connectivity index (χ1n) is 10.4. The molecule has 158 valence electrons. The third kappa shape index (κ3) is 6.59. The lowest BCUT2D eigenvalue weighted by Gasteiger charge is -2.35. The molecular weight excluding hydrogens is 463 g/mol. The van der Waals surface area contributed by atoms with Crippen LogP contribution in [0.25, 0.3) is 0 Å². The number of fused-ring (bicyclic) bond motifs is 1. The van der Waals surface area contributed by atoms with Crippen LogP contribution in [0.2, 0.25) is 0 Å². The molecule has 2 N–H and O–H groups in total. The van der Waals surface area contributed by atoms with E-state index in [0.29, 0.717) is 6.04 Å². The Bertz CT molecular complexity index is 626. The molecule has 0 bridgehead atoms. The fourth-order valence-corrected chi connectivity index (χ4v) is 3.94. The summed E-state index contributed by atoms with van der Waals surface area (Å²) < 4.78 is 6.01. The Kier molecular flexibility index (Phi) is 9.02. The zero-order chi connectivity index (χ0) is 19.3. The fourth-order valence-electron chi connectivity index (χ4n) is 3.94. The van der Waals surface area contributed by atoms with Crippen LogP contribution < -0.4 is 10.6 Å². The fraction of sp³-hybridized carbons (Fsp3) is 0.682. The summed E-state index contributed by atoms with van der Waals surface area (Å²) in [5.74, 6) is 0.855. The van der Waals surface area contributed by atoms with Gasteiger partial charge >= 0.3 is 0 Å². The summed E-state index contributed by atoms with van der Waals surface area (Å²) >= 11 is 0. The minimum atomic E-state index is 0. The van der Waals surface area contributed by atoms with E-state index in [-0.39, 0.29) is 35.5 Å². The summed E-state index contributed by atoms with van der Waals surface area (Å²) in [7, 11) is 1.83. The second-order valence-corrected chi connectivity index (χ2v) is 8.82. The number of hydrogen-bond acceptors (Lipinski definition) is 3. The number of benzene rings is 1. The van der Waals surface area contributed by atoms with Gasteiger partial charge in [0.15, 0.2) is 5.96 Å². The predicted molar refractivity (Wildman–Crippen MR) is 128 cm³/mol. The molecule has 6 heteroatoms. The molecule has 0 aromatic heterocycles. The van der Waals surface area contributed by atoms with E-state index in [9.17, 15) is 0 Å². The Morgan fingerprint density at radius 2 is 1.96 bits per heavy atom. The van der Waals surface area contributed by atoms with E-state index in [1.165, 1.54) is 30.5 Å². The van der Waals surface area contributed by atoms with E-state index in [2.05, 4.69) is 65.6 Å². The Morgan fingerprint density at radius 3 is 2.64 bits per heavy atom. The van der Waals surface area contributed by atoms with E-state index in [1.54, 1.807) is 0 Å². The molecule has 0 saturated carbocycles. The lowest BCUT2D eigenvalue weighted by Crippen LogP contribution is -2.51. The molecular formula is C22H37IN4O. The first-order chi connectivity index (χ1) is 13.0. The number of ether oxygens (including phenoxy) is 1. The number of hydrogen-bond donors (Lipinski definition) is 2. The molecule has 0 aliphatic carbocycles. The number of morpholine rings is 1. The van der Waals surface area contributed by atoms with Gasteiger partial charge in [0.2, 0.25) is 0 Å². The average Bonchev–Trinajstić information content (AvgIpc) is 3.12. The second kappa shape index (κ2) is 10.8. The molecule has 0 amide bonds. The van der Waals surface area contributed by atoms with Gasteiger partial charge in [0.25, 0.3) is 0 Å². The van der Waals surface area contributed by atoms with Gasteiger partial charge in [-0.05, 0) is 42.3 Å². The van der Waals surface area contributed by atoms with Crippen LogP contribution in [0.5, 0.6) is 0 Å². The van der Waals surface area contributed by atoms with Crippen molar-refractivity contribution in [1.82, 2.24) is 15.5 Å². The first kappa shape index (κ1) is 23.4. The molecule has 2 fully saturated rings. The highest BCUT2D eigenvalue weighted by atomic mass is 127. The van der Waals surface area contributed by atoms with Crippen LogP contribution in [0.1, 0.15) is 44.7 Å². The highest BCUT2D eigenvalue weighted by Gasteiger charge is 2.32. The normalized spacial score (nSPS) is 23.1. The molecule has 0 spiro atoms. The molecule has 0 radical (unpaired) electrons. The quantitative estimate of drug-likeness (QED) is 0.371. The molecule has 3 rings (SSSR count). The van der Waals surface area contributed by atoms with E-state index in [1.807, 2.05) is 7.05 Å². The molecule has 2 unspecified atom stereocenters. The molecule has 1 aromatic carbocycles. The van der Waals surface area contributed by atoms with Crippen LogP contribution in [0, 0.1) is 0 Å². The largest absolute Gasteiger partial charge is 0.373 e. The number of halogens is 1. The smallest absolute Gasteiger partial charge is 0.191 e. The van der Waals surface area contributed by atoms with Crippen LogP contribution in [0.4, 0.5) is 0 Å². The molecule has 2 saturated heterocycles. The maximum atomic E-state index is 6.01. The maximum Gasteiger partial charge on any atom is 0.191 e. The lowest BCUT2D eigenvalue weighted by atomic mass is 9.86. The van der Waals surface area contributed by atoms with Gasteiger partial charge in [-0.2, -0.15) is 0 Å². The van der Waals surface area contributed by atoms with Crippen LogP contribution in [0.3, 0.4) is 0 Å². The van der Waals surface area contributed by atoms with Gasteiger partial charge in [0, 0.05) is 32.7 Å². The number of rotatable bonds is 5. The van der Waals surface area contributed by atoms with Gasteiger partial charge in [0.05, 0.1) is 12.7 Å². The van der Waals surface area contributed by atoms with E-state index < -0.39 is 0 Å². The summed E-state index contributed by atoms with van der Waals surface area (Å²) in [4.78, 5) is 6.92. The Hall–Kier alpha value is -0.860. The second-order valence-electron chi connectivity index (χ2n) is 8.82. The van der Waals surface area contributed by atoms with Crippen molar-refractivity contribution in [3.05, 3.63) is 35.4 Å². The van der Waals surface area contributed by atoms with Crippen molar-refractivity contribution < 1.29 is 4.74 Å². The van der Waals surface area contributed by atoms with Gasteiger partial charge in [0.1, 0.15) is 0 Å². The highest BCUT2D eigenvalue weighted by Crippen LogP contribution is 2.23. The minimum Gasteiger partial charge on any atom is -0.373 e. The van der Waals surface area contributed by atoms with E-state index in [4.69, 9.17) is 4.74 Å². The molecule has 2 heterocycles. The van der Waals surface area contributed by atoms with Crippen LogP contribution in [0.15, 0.2) is 29.3 Å². The summed E-state index contributed by atoms with van der Waals surface area (Å²) in [6, 6.07) is 9.62. The minimum absolute atomic E-state index is 0. The predicted octanol–water partition coefficient (Wildman–Crippen LogP) is 3.17.